The van der Waals surface area contributed by atoms with E-state index in [0.29, 0.717) is 18.8 Å². The first kappa shape index (κ1) is 14.1. The van der Waals surface area contributed by atoms with E-state index >= 15 is 0 Å². The molecule has 1 amide bonds. The molecule has 8 heteroatoms. The van der Waals surface area contributed by atoms with Crippen molar-refractivity contribution in [2.45, 2.75) is 6.92 Å². The number of carbonyl (C=O) groups excluding carboxylic acids is 1. The van der Waals surface area contributed by atoms with E-state index < -0.39 is 0 Å². The molecule has 0 aliphatic heterocycles. The van der Waals surface area contributed by atoms with Gasteiger partial charge < -0.3 is 15.8 Å². The first-order chi connectivity index (χ1) is 9.70. The van der Waals surface area contributed by atoms with Crippen molar-refractivity contribution in [3.63, 3.8) is 0 Å². The summed E-state index contributed by atoms with van der Waals surface area (Å²) in [6.07, 6.45) is 1.50. The molecular formula is C12H16N6O2. The number of rotatable bonds is 6. The minimum absolute atomic E-state index is 0.0225. The number of tetrazole rings is 1. The fraction of sp³-hybridized carbons (Fsp3) is 0.333. The first-order valence-corrected chi connectivity index (χ1v) is 6.12. The fourth-order valence-electron chi connectivity index (χ4n) is 1.65. The fourth-order valence-corrected chi connectivity index (χ4v) is 1.65. The molecule has 0 saturated heterocycles. The molecule has 1 aromatic carbocycles. The summed E-state index contributed by atoms with van der Waals surface area (Å²) in [5.41, 5.74) is 7.73. The van der Waals surface area contributed by atoms with Crippen LogP contribution < -0.4 is 11.1 Å². The van der Waals surface area contributed by atoms with Crippen molar-refractivity contribution in [3.05, 3.63) is 30.1 Å². The van der Waals surface area contributed by atoms with Gasteiger partial charge in [-0.25, -0.2) is 4.68 Å². The van der Waals surface area contributed by atoms with Crippen LogP contribution in [0.25, 0.3) is 5.69 Å². The number of amides is 1. The van der Waals surface area contributed by atoms with Crippen molar-refractivity contribution in [2.24, 2.45) is 5.73 Å². The molecular weight excluding hydrogens is 260 g/mol. The maximum atomic E-state index is 11.6. The van der Waals surface area contributed by atoms with E-state index in [1.165, 1.54) is 11.0 Å². The molecule has 3 N–H and O–H groups in total. The number of ether oxygens (including phenoxy) is 1. The lowest BCUT2D eigenvalue weighted by Gasteiger charge is -2.09. The lowest BCUT2D eigenvalue weighted by molar-refractivity contribution is -0.120. The highest BCUT2D eigenvalue weighted by Crippen LogP contribution is 2.18. The molecule has 0 radical (unpaired) electrons. The molecule has 1 heterocycles. The summed E-state index contributed by atoms with van der Waals surface area (Å²) in [4.78, 5) is 11.6. The quantitative estimate of drug-likeness (QED) is 0.712. The molecule has 0 fully saturated rings. The van der Waals surface area contributed by atoms with Crippen LogP contribution in [0.1, 0.15) is 5.56 Å². The van der Waals surface area contributed by atoms with Crippen LogP contribution in [-0.4, -0.2) is 45.9 Å². The van der Waals surface area contributed by atoms with Gasteiger partial charge in [0.1, 0.15) is 12.9 Å². The van der Waals surface area contributed by atoms with E-state index in [0.717, 1.165) is 11.3 Å². The standard InChI is InChI=1S/C12H16N6O2/c1-9-2-3-10(15-12(19)7-20-5-4-13)6-11(9)18-8-14-16-17-18/h2-3,6,8H,4-5,7,13H2,1H3,(H,15,19). The van der Waals surface area contributed by atoms with E-state index in [1.807, 2.05) is 19.1 Å². The van der Waals surface area contributed by atoms with E-state index in [9.17, 15) is 4.79 Å². The molecule has 0 atom stereocenters. The third kappa shape index (κ3) is 3.59. The van der Waals surface area contributed by atoms with Crippen LogP contribution in [0.4, 0.5) is 5.69 Å². The average Bonchev–Trinajstić information content (AvgIpc) is 2.95. The summed E-state index contributed by atoms with van der Waals surface area (Å²) < 4.78 is 6.61. The summed E-state index contributed by atoms with van der Waals surface area (Å²) in [6.45, 7) is 2.66. The average molecular weight is 276 g/mol. The molecule has 106 valence electrons. The van der Waals surface area contributed by atoms with E-state index in [1.54, 1.807) is 6.07 Å². The highest BCUT2D eigenvalue weighted by Gasteiger charge is 2.07. The van der Waals surface area contributed by atoms with E-state index in [4.69, 9.17) is 10.5 Å². The van der Waals surface area contributed by atoms with Crippen LogP contribution in [0, 0.1) is 6.92 Å². The highest BCUT2D eigenvalue weighted by atomic mass is 16.5. The van der Waals surface area contributed by atoms with Crippen molar-refractivity contribution in [1.82, 2.24) is 20.2 Å². The maximum absolute atomic E-state index is 11.6. The Morgan fingerprint density at radius 1 is 1.50 bits per heavy atom. The number of carbonyl (C=O) groups is 1. The van der Waals surface area contributed by atoms with Crippen LogP contribution in [-0.2, 0) is 9.53 Å². The van der Waals surface area contributed by atoms with Crippen LogP contribution >= 0.6 is 0 Å². The Balaban J connectivity index is 2.06. The smallest absolute Gasteiger partial charge is 0.250 e. The molecule has 20 heavy (non-hydrogen) atoms. The summed E-state index contributed by atoms with van der Waals surface area (Å²) in [6, 6.07) is 5.49. The van der Waals surface area contributed by atoms with Gasteiger partial charge in [0, 0.05) is 12.2 Å². The Kier molecular flexibility index (Phi) is 4.75. The Hall–Kier alpha value is -2.32. The molecule has 2 aromatic rings. The number of nitrogens with two attached hydrogens (primary N) is 1. The second-order valence-corrected chi connectivity index (χ2v) is 4.15. The molecule has 0 saturated carbocycles. The molecule has 2 rings (SSSR count). The summed E-state index contributed by atoms with van der Waals surface area (Å²) in [5.74, 6) is -0.232. The van der Waals surface area contributed by atoms with E-state index in [-0.39, 0.29) is 12.5 Å². The van der Waals surface area contributed by atoms with Gasteiger partial charge in [-0.05, 0) is 35.0 Å². The topological polar surface area (TPSA) is 108 Å². The van der Waals surface area contributed by atoms with Crippen molar-refractivity contribution in [1.29, 1.82) is 0 Å². The molecule has 0 unspecified atom stereocenters. The van der Waals surface area contributed by atoms with Gasteiger partial charge >= 0.3 is 0 Å². The third-order valence-electron chi connectivity index (χ3n) is 2.58. The number of nitrogens with zero attached hydrogens (tertiary/aromatic N) is 4. The number of aryl methyl sites for hydroxylation is 1. The molecule has 0 aliphatic carbocycles. The zero-order valence-electron chi connectivity index (χ0n) is 11.1. The van der Waals surface area contributed by atoms with Gasteiger partial charge in [-0.15, -0.1) is 5.10 Å². The van der Waals surface area contributed by atoms with Crippen LogP contribution in [0.15, 0.2) is 24.5 Å². The molecule has 0 bridgehead atoms. The second-order valence-electron chi connectivity index (χ2n) is 4.15. The minimum Gasteiger partial charge on any atom is -0.370 e. The van der Waals surface area contributed by atoms with Crippen molar-refractivity contribution in [2.75, 3.05) is 25.1 Å². The van der Waals surface area contributed by atoms with Crippen molar-refractivity contribution < 1.29 is 9.53 Å². The van der Waals surface area contributed by atoms with Gasteiger partial charge in [-0.3, -0.25) is 4.79 Å². The predicted octanol–water partition coefficient (Wildman–Crippen LogP) is -0.115. The zero-order chi connectivity index (χ0) is 14.4. The van der Waals surface area contributed by atoms with E-state index in [2.05, 4.69) is 20.8 Å². The lowest BCUT2D eigenvalue weighted by Crippen LogP contribution is -2.20. The number of aromatic nitrogens is 4. The highest BCUT2D eigenvalue weighted by molar-refractivity contribution is 5.92. The van der Waals surface area contributed by atoms with Gasteiger partial charge in [0.05, 0.1) is 12.3 Å². The molecule has 0 spiro atoms. The monoisotopic (exact) mass is 276 g/mol. The number of hydrogen-bond donors (Lipinski definition) is 2. The van der Waals surface area contributed by atoms with Crippen LogP contribution in [0.2, 0.25) is 0 Å². The molecule has 0 aliphatic rings. The predicted molar refractivity (Wildman–Crippen MR) is 72.4 cm³/mol. The third-order valence-corrected chi connectivity index (χ3v) is 2.58. The second kappa shape index (κ2) is 6.73. The molecule has 1 aromatic heterocycles. The minimum atomic E-state index is -0.232. The molecule has 8 nitrogen and oxygen atoms in total. The Labute approximate surface area is 115 Å². The maximum Gasteiger partial charge on any atom is 0.250 e. The summed E-state index contributed by atoms with van der Waals surface area (Å²) >= 11 is 0. The van der Waals surface area contributed by atoms with Crippen LogP contribution in [0.5, 0.6) is 0 Å². The Morgan fingerprint density at radius 3 is 3.05 bits per heavy atom. The number of anilines is 1. The zero-order valence-corrected chi connectivity index (χ0v) is 11.1. The Bertz CT molecular complexity index is 569. The van der Waals surface area contributed by atoms with Gasteiger partial charge in [0.2, 0.25) is 5.91 Å². The summed E-state index contributed by atoms with van der Waals surface area (Å²) in [7, 11) is 0. The number of nitrogens with one attached hydrogen (secondary N) is 1. The summed E-state index contributed by atoms with van der Waals surface area (Å²) in [5, 5.41) is 13.8. The lowest BCUT2D eigenvalue weighted by atomic mass is 10.2. The van der Waals surface area contributed by atoms with Crippen LogP contribution in [0.3, 0.4) is 0 Å². The number of hydrogen-bond acceptors (Lipinski definition) is 6. The van der Waals surface area contributed by atoms with Gasteiger partial charge in [-0.2, -0.15) is 0 Å². The van der Waals surface area contributed by atoms with Gasteiger partial charge in [0.25, 0.3) is 0 Å². The van der Waals surface area contributed by atoms with Gasteiger partial charge in [-0.1, -0.05) is 6.07 Å². The van der Waals surface area contributed by atoms with Crippen molar-refractivity contribution >= 4 is 11.6 Å². The normalized spacial score (nSPS) is 10.5. The van der Waals surface area contributed by atoms with Gasteiger partial charge in [0.15, 0.2) is 0 Å². The van der Waals surface area contributed by atoms with Crippen molar-refractivity contribution in [3.8, 4) is 5.69 Å². The Morgan fingerprint density at radius 2 is 2.35 bits per heavy atom. The first-order valence-electron chi connectivity index (χ1n) is 6.12. The SMILES string of the molecule is Cc1ccc(NC(=O)COCCN)cc1-n1cnnn1. The largest absolute Gasteiger partial charge is 0.370 e. The number of benzene rings is 1.